The van der Waals surface area contributed by atoms with E-state index in [0.717, 1.165) is 29.0 Å². The quantitative estimate of drug-likeness (QED) is 0.815. The molecule has 0 heterocycles. The predicted octanol–water partition coefficient (Wildman–Crippen LogP) is 3.57. The van der Waals surface area contributed by atoms with Crippen molar-refractivity contribution in [1.82, 2.24) is 5.32 Å². The highest BCUT2D eigenvalue weighted by molar-refractivity contribution is 9.10. The average molecular weight is 315 g/mol. The molecule has 0 bridgehead atoms. The molecule has 0 aromatic heterocycles. The summed E-state index contributed by atoms with van der Waals surface area (Å²) in [4.78, 5) is 0. The summed E-state index contributed by atoms with van der Waals surface area (Å²) >= 11 is 3.48. The molecule has 1 rings (SSSR count). The zero-order valence-electron chi connectivity index (χ0n) is 11.9. The molecule has 0 saturated carbocycles. The minimum absolute atomic E-state index is 0.153. The van der Waals surface area contributed by atoms with Crippen LogP contribution in [0.5, 0.6) is 5.75 Å². The normalized spacial score (nSPS) is 11.4. The van der Waals surface area contributed by atoms with Crippen molar-refractivity contribution in [3.05, 3.63) is 22.2 Å². The molecule has 0 spiro atoms. The Morgan fingerprint density at radius 3 is 2.44 bits per heavy atom. The maximum absolute atomic E-state index is 5.39. The first-order chi connectivity index (χ1) is 8.33. The van der Waals surface area contributed by atoms with Gasteiger partial charge in [0.15, 0.2) is 0 Å². The molecule has 0 aliphatic rings. The van der Waals surface area contributed by atoms with Crippen molar-refractivity contribution < 1.29 is 4.74 Å². The van der Waals surface area contributed by atoms with Gasteiger partial charge in [-0.15, -0.1) is 0 Å². The minimum Gasteiger partial charge on any atom is -0.495 e. The Kier molecular flexibility index (Phi) is 5.47. The van der Waals surface area contributed by atoms with E-state index in [1.807, 2.05) is 6.07 Å². The van der Waals surface area contributed by atoms with Crippen LogP contribution >= 0.6 is 15.9 Å². The lowest BCUT2D eigenvalue weighted by atomic mass is 10.1. The zero-order chi connectivity index (χ0) is 13.8. The maximum Gasteiger partial charge on any atom is 0.143 e. The summed E-state index contributed by atoms with van der Waals surface area (Å²) in [5.41, 5.74) is 2.40. The van der Waals surface area contributed by atoms with Gasteiger partial charge in [0.2, 0.25) is 0 Å². The number of hydrogen-bond acceptors (Lipinski definition) is 3. The number of ether oxygens (including phenoxy) is 1. The Labute approximate surface area is 118 Å². The average Bonchev–Trinajstić information content (AvgIpc) is 2.24. The van der Waals surface area contributed by atoms with Crippen LogP contribution in [0.2, 0.25) is 0 Å². The number of hydrogen-bond donors (Lipinski definition) is 2. The molecule has 102 valence electrons. The fourth-order valence-corrected chi connectivity index (χ4v) is 2.28. The number of anilines is 1. The van der Waals surface area contributed by atoms with Crippen LogP contribution in [0, 0.1) is 6.92 Å². The van der Waals surface area contributed by atoms with E-state index in [0.29, 0.717) is 0 Å². The first-order valence-corrected chi connectivity index (χ1v) is 6.96. The molecule has 2 N–H and O–H groups in total. The molecule has 0 amide bonds. The molecule has 0 atom stereocenters. The zero-order valence-corrected chi connectivity index (χ0v) is 13.4. The second kappa shape index (κ2) is 6.43. The van der Waals surface area contributed by atoms with Gasteiger partial charge in [-0.3, -0.25) is 0 Å². The van der Waals surface area contributed by atoms with Crippen molar-refractivity contribution in [3.63, 3.8) is 0 Å². The Morgan fingerprint density at radius 1 is 1.22 bits per heavy atom. The monoisotopic (exact) mass is 314 g/mol. The van der Waals surface area contributed by atoms with Crippen molar-refractivity contribution in [1.29, 1.82) is 0 Å². The van der Waals surface area contributed by atoms with Crippen molar-refractivity contribution in [2.45, 2.75) is 33.2 Å². The SMILES string of the molecule is COc1cc(Br)cc(C)c1NCCNC(C)(C)C. The number of halogens is 1. The molecule has 0 saturated heterocycles. The van der Waals surface area contributed by atoms with E-state index < -0.39 is 0 Å². The van der Waals surface area contributed by atoms with Crippen LogP contribution in [0.25, 0.3) is 0 Å². The van der Waals surface area contributed by atoms with Crippen molar-refractivity contribution in [2.75, 3.05) is 25.5 Å². The fourth-order valence-electron chi connectivity index (χ4n) is 1.72. The first-order valence-electron chi connectivity index (χ1n) is 6.16. The van der Waals surface area contributed by atoms with E-state index in [1.165, 1.54) is 5.56 Å². The molecule has 18 heavy (non-hydrogen) atoms. The summed E-state index contributed by atoms with van der Waals surface area (Å²) in [6, 6.07) is 4.06. The lowest BCUT2D eigenvalue weighted by Gasteiger charge is -2.21. The van der Waals surface area contributed by atoms with Gasteiger partial charge in [0.05, 0.1) is 12.8 Å². The third-order valence-corrected chi connectivity index (χ3v) is 3.02. The largest absolute Gasteiger partial charge is 0.495 e. The maximum atomic E-state index is 5.39. The summed E-state index contributed by atoms with van der Waals surface area (Å²) in [5, 5.41) is 6.87. The lowest BCUT2D eigenvalue weighted by Crippen LogP contribution is -2.38. The molecule has 0 radical (unpaired) electrons. The van der Waals surface area contributed by atoms with Gasteiger partial charge < -0.3 is 15.4 Å². The van der Waals surface area contributed by atoms with E-state index in [9.17, 15) is 0 Å². The molecule has 0 aliphatic carbocycles. The van der Waals surface area contributed by atoms with Gasteiger partial charge in [-0.1, -0.05) is 15.9 Å². The van der Waals surface area contributed by atoms with Gasteiger partial charge in [0.1, 0.15) is 5.75 Å². The molecule has 0 fully saturated rings. The summed E-state index contributed by atoms with van der Waals surface area (Å²) in [7, 11) is 1.69. The van der Waals surface area contributed by atoms with Gasteiger partial charge in [0, 0.05) is 23.1 Å². The topological polar surface area (TPSA) is 33.3 Å². The van der Waals surface area contributed by atoms with Gasteiger partial charge in [-0.05, 0) is 45.4 Å². The second-order valence-electron chi connectivity index (χ2n) is 5.40. The smallest absolute Gasteiger partial charge is 0.143 e. The van der Waals surface area contributed by atoms with Crippen LogP contribution in [-0.2, 0) is 0 Å². The number of nitrogens with one attached hydrogen (secondary N) is 2. The highest BCUT2D eigenvalue weighted by Gasteiger charge is 2.09. The molecule has 3 nitrogen and oxygen atoms in total. The van der Waals surface area contributed by atoms with Crippen LogP contribution in [0.3, 0.4) is 0 Å². The Bertz CT molecular complexity index is 400. The molecular weight excluding hydrogens is 292 g/mol. The molecule has 4 heteroatoms. The van der Waals surface area contributed by atoms with Crippen molar-refractivity contribution in [3.8, 4) is 5.75 Å². The minimum atomic E-state index is 0.153. The summed E-state index contributed by atoms with van der Waals surface area (Å²) in [6.45, 7) is 10.4. The molecule has 0 aliphatic heterocycles. The third-order valence-electron chi connectivity index (χ3n) is 2.57. The van der Waals surface area contributed by atoms with Gasteiger partial charge in [-0.25, -0.2) is 0 Å². The van der Waals surface area contributed by atoms with Crippen LogP contribution in [0.1, 0.15) is 26.3 Å². The highest BCUT2D eigenvalue weighted by atomic mass is 79.9. The lowest BCUT2D eigenvalue weighted by molar-refractivity contribution is 0.415. The van der Waals surface area contributed by atoms with Gasteiger partial charge >= 0.3 is 0 Å². The van der Waals surface area contributed by atoms with Crippen LogP contribution in [0.4, 0.5) is 5.69 Å². The number of benzene rings is 1. The number of rotatable bonds is 5. The van der Waals surface area contributed by atoms with E-state index in [2.05, 4.69) is 60.3 Å². The first kappa shape index (κ1) is 15.3. The Hall–Kier alpha value is -0.740. The Morgan fingerprint density at radius 2 is 1.89 bits per heavy atom. The summed E-state index contributed by atoms with van der Waals surface area (Å²) < 4.78 is 6.43. The highest BCUT2D eigenvalue weighted by Crippen LogP contribution is 2.31. The Balaban J connectivity index is 2.62. The molecule has 1 aromatic rings. The number of aryl methyl sites for hydroxylation is 1. The second-order valence-corrected chi connectivity index (χ2v) is 6.32. The predicted molar refractivity (Wildman–Crippen MR) is 81.7 cm³/mol. The summed E-state index contributed by atoms with van der Waals surface area (Å²) in [5.74, 6) is 0.873. The molecule has 0 unspecified atom stereocenters. The van der Waals surface area contributed by atoms with Crippen LogP contribution in [-0.4, -0.2) is 25.7 Å². The van der Waals surface area contributed by atoms with E-state index in [-0.39, 0.29) is 5.54 Å². The number of methoxy groups -OCH3 is 1. The van der Waals surface area contributed by atoms with Gasteiger partial charge in [-0.2, -0.15) is 0 Å². The van der Waals surface area contributed by atoms with E-state index >= 15 is 0 Å². The fraction of sp³-hybridized carbons (Fsp3) is 0.571. The van der Waals surface area contributed by atoms with Crippen molar-refractivity contribution in [2.24, 2.45) is 0 Å². The molecular formula is C14H23BrN2O. The van der Waals surface area contributed by atoms with E-state index in [4.69, 9.17) is 4.74 Å². The van der Waals surface area contributed by atoms with Gasteiger partial charge in [0.25, 0.3) is 0 Å². The summed E-state index contributed by atoms with van der Waals surface area (Å²) in [6.07, 6.45) is 0. The van der Waals surface area contributed by atoms with Crippen LogP contribution < -0.4 is 15.4 Å². The standard InChI is InChI=1S/C14H23BrN2O/c1-10-8-11(15)9-12(18-5)13(10)16-6-7-17-14(2,3)4/h8-9,16-17H,6-7H2,1-5H3. The third kappa shape index (κ3) is 4.86. The van der Waals surface area contributed by atoms with Crippen LogP contribution in [0.15, 0.2) is 16.6 Å². The molecule has 1 aromatic carbocycles. The van der Waals surface area contributed by atoms with E-state index in [1.54, 1.807) is 7.11 Å². The van der Waals surface area contributed by atoms with Crippen molar-refractivity contribution >= 4 is 21.6 Å².